The number of carbonyl (C=O) groups is 1. The van der Waals surface area contributed by atoms with Gasteiger partial charge in [-0.1, -0.05) is 42.5 Å². The van der Waals surface area contributed by atoms with E-state index < -0.39 is 0 Å². The maximum absolute atomic E-state index is 12.2. The van der Waals surface area contributed by atoms with Crippen LogP contribution in [-0.2, 0) is 13.0 Å². The van der Waals surface area contributed by atoms with Crippen LogP contribution in [-0.4, -0.2) is 24.5 Å². The van der Waals surface area contributed by atoms with E-state index in [9.17, 15) is 4.79 Å². The summed E-state index contributed by atoms with van der Waals surface area (Å²) in [6.07, 6.45) is 2.50. The number of hydrogen-bond donors (Lipinski definition) is 1. The van der Waals surface area contributed by atoms with Crippen LogP contribution < -0.4 is 19.5 Å². The molecule has 0 fully saturated rings. The molecule has 0 atom stereocenters. The Hall–Kier alpha value is -4.58. The van der Waals surface area contributed by atoms with Gasteiger partial charge < -0.3 is 19.5 Å². The SMILES string of the molecule is CNC(=O)c1cccc2cc(Oc3ccnc4cc(OCc5ccccc5)c5c(c34)CCO5)ccc12. The number of carbonyl (C=O) groups excluding carboxylic acids is 1. The number of rotatable bonds is 6. The van der Waals surface area contributed by atoms with E-state index in [-0.39, 0.29) is 5.91 Å². The number of hydrogen-bond acceptors (Lipinski definition) is 5. The standard InChI is InChI=1S/C30H24N2O4/c1-31-30(33)23-9-5-8-20-16-21(10-11-22(20)23)36-26-12-14-32-25-17-27(29-24(28(25)26)13-15-34-29)35-18-19-6-3-2-4-7-19/h2-12,14,16-17H,13,15,18H2,1H3,(H,31,33). The van der Waals surface area contributed by atoms with Crippen molar-refractivity contribution in [1.29, 1.82) is 0 Å². The van der Waals surface area contributed by atoms with Crippen molar-refractivity contribution in [2.75, 3.05) is 13.7 Å². The highest BCUT2D eigenvalue weighted by Gasteiger charge is 2.24. The first-order valence-corrected chi connectivity index (χ1v) is 11.9. The van der Waals surface area contributed by atoms with Gasteiger partial charge in [0.05, 0.1) is 17.5 Å². The van der Waals surface area contributed by atoms with Crippen LogP contribution in [0.5, 0.6) is 23.0 Å². The van der Waals surface area contributed by atoms with Crippen molar-refractivity contribution in [3.05, 3.63) is 102 Å². The van der Waals surface area contributed by atoms with Crippen molar-refractivity contribution in [3.8, 4) is 23.0 Å². The van der Waals surface area contributed by atoms with E-state index in [0.29, 0.717) is 36.0 Å². The van der Waals surface area contributed by atoms with Crippen LogP contribution in [0.2, 0.25) is 0 Å². The molecule has 0 unspecified atom stereocenters. The fourth-order valence-corrected chi connectivity index (χ4v) is 4.69. The molecule has 6 nitrogen and oxygen atoms in total. The molecule has 1 aliphatic rings. The number of aromatic nitrogens is 1. The Kier molecular flexibility index (Phi) is 5.62. The Bertz CT molecular complexity index is 1600. The molecule has 1 amide bonds. The monoisotopic (exact) mass is 476 g/mol. The summed E-state index contributed by atoms with van der Waals surface area (Å²) >= 11 is 0. The highest BCUT2D eigenvalue weighted by atomic mass is 16.5. The van der Waals surface area contributed by atoms with Crippen LogP contribution in [0.25, 0.3) is 21.7 Å². The minimum Gasteiger partial charge on any atom is -0.489 e. The summed E-state index contributed by atoms with van der Waals surface area (Å²) < 4.78 is 18.5. The molecule has 1 aliphatic heterocycles. The molecule has 1 N–H and O–H groups in total. The predicted octanol–water partition coefficient (Wildman–Crippen LogP) is 6.05. The molecule has 178 valence electrons. The Balaban J connectivity index is 1.36. The Morgan fingerprint density at radius 3 is 2.75 bits per heavy atom. The average Bonchev–Trinajstić information content (AvgIpc) is 3.42. The Morgan fingerprint density at radius 2 is 1.89 bits per heavy atom. The maximum Gasteiger partial charge on any atom is 0.251 e. The van der Waals surface area contributed by atoms with Gasteiger partial charge in [-0.05, 0) is 46.7 Å². The third-order valence-corrected chi connectivity index (χ3v) is 6.40. The van der Waals surface area contributed by atoms with Gasteiger partial charge in [0.15, 0.2) is 11.5 Å². The second kappa shape index (κ2) is 9.23. The lowest BCUT2D eigenvalue weighted by Crippen LogP contribution is -2.17. The summed E-state index contributed by atoms with van der Waals surface area (Å²) in [4.78, 5) is 16.8. The minimum atomic E-state index is -0.116. The summed E-state index contributed by atoms with van der Waals surface area (Å²) in [5, 5.41) is 5.42. The van der Waals surface area contributed by atoms with Crippen LogP contribution in [0.4, 0.5) is 0 Å². The molecule has 6 rings (SSSR count). The Morgan fingerprint density at radius 1 is 1.00 bits per heavy atom. The summed E-state index contributed by atoms with van der Waals surface area (Å²) in [5.41, 5.74) is 3.56. The number of nitrogens with one attached hydrogen (secondary N) is 1. The molecule has 0 saturated heterocycles. The lowest BCUT2D eigenvalue weighted by molar-refractivity contribution is 0.0964. The highest BCUT2D eigenvalue weighted by molar-refractivity contribution is 6.07. The molecule has 0 spiro atoms. The number of fused-ring (bicyclic) bond motifs is 4. The summed E-state index contributed by atoms with van der Waals surface area (Å²) in [6, 6.07) is 25.3. The molecule has 0 bridgehead atoms. The van der Waals surface area contributed by atoms with E-state index >= 15 is 0 Å². The molecule has 2 heterocycles. The van der Waals surface area contributed by atoms with E-state index in [0.717, 1.165) is 45.0 Å². The molecule has 6 heteroatoms. The predicted molar refractivity (Wildman–Crippen MR) is 139 cm³/mol. The van der Waals surface area contributed by atoms with E-state index in [1.165, 1.54) is 0 Å². The fourth-order valence-electron chi connectivity index (χ4n) is 4.69. The summed E-state index contributed by atoms with van der Waals surface area (Å²) in [7, 11) is 1.63. The molecule has 0 aliphatic carbocycles. The Labute approximate surface area is 208 Å². The van der Waals surface area contributed by atoms with Gasteiger partial charge in [-0.25, -0.2) is 0 Å². The largest absolute Gasteiger partial charge is 0.489 e. The molecule has 1 aromatic heterocycles. The van der Waals surface area contributed by atoms with Crippen LogP contribution in [0.1, 0.15) is 21.5 Å². The topological polar surface area (TPSA) is 69.7 Å². The first-order chi connectivity index (χ1) is 17.7. The van der Waals surface area contributed by atoms with Crippen molar-refractivity contribution < 1.29 is 19.0 Å². The quantitative estimate of drug-likeness (QED) is 0.323. The number of benzene rings is 4. The van der Waals surface area contributed by atoms with Crippen molar-refractivity contribution in [2.24, 2.45) is 0 Å². The van der Waals surface area contributed by atoms with E-state index in [4.69, 9.17) is 14.2 Å². The third kappa shape index (κ3) is 3.96. The van der Waals surface area contributed by atoms with Crippen molar-refractivity contribution in [2.45, 2.75) is 13.0 Å². The van der Waals surface area contributed by atoms with Gasteiger partial charge in [-0.15, -0.1) is 0 Å². The number of pyridine rings is 1. The number of nitrogens with zero attached hydrogens (tertiary/aromatic N) is 1. The van der Waals surface area contributed by atoms with Gasteiger partial charge in [0.2, 0.25) is 0 Å². The van der Waals surface area contributed by atoms with Crippen molar-refractivity contribution >= 4 is 27.6 Å². The van der Waals surface area contributed by atoms with E-state index in [1.54, 1.807) is 13.2 Å². The first-order valence-electron chi connectivity index (χ1n) is 11.9. The lowest BCUT2D eigenvalue weighted by Gasteiger charge is -2.15. The zero-order chi connectivity index (χ0) is 24.5. The second-order valence-corrected chi connectivity index (χ2v) is 8.63. The first kappa shape index (κ1) is 21.9. The minimum absolute atomic E-state index is 0.116. The zero-order valence-corrected chi connectivity index (χ0v) is 19.8. The van der Waals surface area contributed by atoms with Crippen LogP contribution >= 0.6 is 0 Å². The fraction of sp³-hybridized carbons (Fsp3) is 0.133. The summed E-state index contributed by atoms with van der Waals surface area (Å²) in [5.74, 6) is 2.72. The second-order valence-electron chi connectivity index (χ2n) is 8.63. The molecule has 4 aromatic carbocycles. The molecular weight excluding hydrogens is 452 g/mol. The normalized spacial score (nSPS) is 12.2. The lowest BCUT2D eigenvalue weighted by atomic mass is 10.0. The average molecular weight is 477 g/mol. The maximum atomic E-state index is 12.2. The number of amides is 1. The van der Waals surface area contributed by atoms with Gasteiger partial charge in [-0.2, -0.15) is 0 Å². The number of ether oxygens (including phenoxy) is 3. The van der Waals surface area contributed by atoms with E-state index in [1.807, 2.05) is 78.9 Å². The van der Waals surface area contributed by atoms with Crippen LogP contribution in [0.15, 0.2) is 85.1 Å². The van der Waals surface area contributed by atoms with Gasteiger partial charge in [0.1, 0.15) is 18.1 Å². The van der Waals surface area contributed by atoms with Gasteiger partial charge in [-0.3, -0.25) is 9.78 Å². The van der Waals surface area contributed by atoms with Gasteiger partial charge >= 0.3 is 0 Å². The molecular formula is C30H24N2O4. The smallest absolute Gasteiger partial charge is 0.251 e. The van der Waals surface area contributed by atoms with E-state index in [2.05, 4.69) is 10.3 Å². The summed E-state index contributed by atoms with van der Waals surface area (Å²) in [6.45, 7) is 1.04. The molecule has 0 saturated carbocycles. The van der Waals surface area contributed by atoms with Crippen LogP contribution in [0, 0.1) is 0 Å². The zero-order valence-electron chi connectivity index (χ0n) is 19.8. The third-order valence-electron chi connectivity index (χ3n) is 6.40. The van der Waals surface area contributed by atoms with Crippen LogP contribution in [0.3, 0.4) is 0 Å². The molecule has 0 radical (unpaired) electrons. The highest BCUT2D eigenvalue weighted by Crippen LogP contribution is 2.45. The van der Waals surface area contributed by atoms with Gasteiger partial charge in [0, 0.05) is 36.9 Å². The van der Waals surface area contributed by atoms with Crippen molar-refractivity contribution in [1.82, 2.24) is 10.3 Å². The van der Waals surface area contributed by atoms with Crippen molar-refractivity contribution in [3.63, 3.8) is 0 Å². The molecule has 5 aromatic rings. The molecule has 36 heavy (non-hydrogen) atoms. The van der Waals surface area contributed by atoms with Gasteiger partial charge in [0.25, 0.3) is 5.91 Å².